The third-order valence-corrected chi connectivity index (χ3v) is 4.20. The van der Waals surface area contributed by atoms with Crippen LogP contribution in [-0.4, -0.2) is 51.0 Å². The SMILES string of the molecule is CS(=O)(=O)OCC1(F)CCN(C(=O)OCc2ccccc2)CC1. The molecule has 2 rings (SSSR count). The van der Waals surface area contributed by atoms with E-state index < -0.39 is 28.5 Å². The van der Waals surface area contributed by atoms with Gasteiger partial charge >= 0.3 is 6.09 Å². The topological polar surface area (TPSA) is 72.9 Å². The molecule has 0 unspecified atom stereocenters. The smallest absolute Gasteiger partial charge is 0.410 e. The minimum absolute atomic E-state index is 0.0168. The molecule has 0 saturated carbocycles. The second-order valence-electron chi connectivity index (χ2n) is 5.64. The van der Waals surface area contributed by atoms with Crippen molar-refractivity contribution < 1.29 is 26.5 Å². The average Bonchev–Trinajstić information content (AvgIpc) is 2.52. The van der Waals surface area contributed by atoms with Crippen LogP contribution < -0.4 is 0 Å². The summed E-state index contributed by atoms with van der Waals surface area (Å²) in [4.78, 5) is 13.4. The van der Waals surface area contributed by atoms with Crippen LogP contribution in [-0.2, 0) is 25.6 Å². The van der Waals surface area contributed by atoms with Crippen molar-refractivity contribution in [2.24, 2.45) is 0 Å². The van der Waals surface area contributed by atoms with Gasteiger partial charge in [-0.1, -0.05) is 30.3 Å². The van der Waals surface area contributed by atoms with Gasteiger partial charge in [-0.05, 0) is 5.56 Å². The summed E-state index contributed by atoms with van der Waals surface area (Å²) in [5.74, 6) is 0. The first-order chi connectivity index (χ1) is 10.8. The highest BCUT2D eigenvalue weighted by Crippen LogP contribution is 2.27. The standard InChI is InChI=1S/C15H20FNO5S/c1-23(19,20)22-12-15(16)7-9-17(10-8-15)14(18)21-11-13-5-3-2-4-6-13/h2-6H,7-12H2,1H3. The second-order valence-corrected chi connectivity index (χ2v) is 7.29. The van der Waals surface area contributed by atoms with Crippen molar-refractivity contribution in [3.8, 4) is 0 Å². The Kier molecular flexibility index (Phi) is 5.59. The summed E-state index contributed by atoms with van der Waals surface area (Å²) in [5, 5.41) is 0. The van der Waals surface area contributed by atoms with Gasteiger partial charge in [0.05, 0.1) is 6.26 Å². The summed E-state index contributed by atoms with van der Waals surface area (Å²) in [6.45, 7) is -0.0264. The van der Waals surface area contributed by atoms with Gasteiger partial charge in [0.2, 0.25) is 0 Å². The van der Waals surface area contributed by atoms with Crippen molar-refractivity contribution in [3.63, 3.8) is 0 Å². The van der Waals surface area contributed by atoms with E-state index in [4.69, 9.17) is 4.74 Å². The Morgan fingerprint density at radius 1 is 1.26 bits per heavy atom. The molecule has 6 nitrogen and oxygen atoms in total. The molecule has 8 heteroatoms. The van der Waals surface area contributed by atoms with Gasteiger partial charge in [-0.2, -0.15) is 8.42 Å². The van der Waals surface area contributed by atoms with Crippen molar-refractivity contribution >= 4 is 16.2 Å². The van der Waals surface area contributed by atoms with Gasteiger partial charge in [0.15, 0.2) is 0 Å². The van der Waals surface area contributed by atoms with Gasteiger partial charge in [-0.25, -0.2) is 9.18 Å². The number of hydrogen-bond donors (Lipinski definition) is 0. The van der Waals surface area contributed by atoms with Crippen LogP contribution in [0.5, 0.6) is 0 Å². The normalized spacial score (nSPS) is 17.7. The first-order valence-corrected chi connectivity index (χ1v) is 9.08. The van der Waals surface area contributed by atoms with E-state index in [9.17, 15) is 17.6 Å². The molecule has 0 N–H and O–H groups in total. The van der Waals surface area contributed by atoms with Crippen LogP contribution in [0.25, 0.3) is 0 Å². The maximum Gasteiger partial charge on any atom is 0.410 e. The molecular formula is C15H20FNO5S. The lowest BCUT2D eigenvalue weighted by Gasteiger charge is -2.35. The number of hydrogen-bond acceptors (Lipinski definition) is 5. The number of halogens is 1. The molecule has 1 aromatic rings. The Morgan fingerprint density at radius 3 is 2.43 bits per heavy atom. The molecule has 128 valence electrons. The third kappa shape index (κ3) is 5.80. The minimum atomic E-state index is -3.68. The molecule has 1 heterocycles. The number of alkyl halides is 1. The van der Waals surface area contributed by atoms with Crippen LogP contribution in [0.3, 0.4) is 0 Å². The highest BCUT2D eigenvalue weighted by atomic mass is 32.2. The molecule has 0 aliphatic carbocycles. The van der Waals surface area contributed by atoms with Gasteiger partial charge in [-0.3, -0.25) is 4.18 Å². The molecule has 0 aromatic heterocycles. The molecule has 1 aliphatic heterocycles. The van der Waals surface area contributed by atoms with E-state index in [0.717, 1.165) is 11.8 Å². The summed E-state index contributed by atoms with van der Waals surface area (Å²) >= 11 is 0. The van der Waals surface area contributed by atoms with Crippen LogP contribution in [0.1, 0.15) is 18.4 Å². The maximum absolute atomic E-state index is 14.4. The predicted octanol–water partition coefficient (Wildman–Crippen LogP) is 2.10. The zero-order valence-electron chi connectivity index (χ0n) is 12.9. The van der Waals surface area contributed by atoms with E-state index in [1.54, 1.807) is 0 Å². The van der Waals surface area contributed by atoms with Crippen LogP contribution in [0.15, 0.2) is 30.3 Å². The first-order valence-electron chi connectivity index (χ1n) is 7.26. The largest absolute Gasteiger partial charge is 0.445 e. The lowest BCUT2D eigenvalue weighted by atomic mass is 9.95. The fourth-order valence-electron chi connectivity index (χ4n) is 2.26. The fourth-order valence-corrected chi connectivity index (χ4v) is 2.68. The molecule has 23 heavy (non-hydrogen) atoms. The van der Waals surface area contributed by atoms with Crippen LogP contribution >= 0.6 is 0 Å². The van der Waals surface area contributed by atoms with Crippen molar-refractivity contribution in [1.29, 1.82) is 0 Å². The number of likely N-dealkylation sites (tertiary alicyclic amines) is 1. The lowest BCUT2D eigenvalue weighted by Crippen LogP contribution is -2.47. The maximum atomic E-state index is 14.4. The van der Waals surface area contributed by atoms with Crippen LogP contribution in [0.4, 0.5) is 9.18 Å². The van der Waals surface area contributed by atoms with Crippen LogP contribution in [0.2, 0.25) is 0 Å². The molecule has 1 aliphatic rings. The number of ether oxygens (including phenoxy) is 1. The lowest BCUT2D eigenvalue weighted by molar-refractivity contribution is 0.0142. The second kappa shape index (κ2) is 7.27. The van der Waals surface area contributed by atoms with E-state index in [-0.39, 0.29) is 32.5 Å². The van der Waals surface area contributed by atoms with Crippen LogP contribution in [0, 0.1) is 0 Å². The van der Waals surface area contributed by atoms with Gasteiger partial charge < -0.3 is 9.64 Å². The van der Waals surface area contributed by atoms with Crippen molar-refractivity contribution in [3.05, 3.63) is 35.9 Å². The average molecular weight is 345 g/mol. The van der Waals surface area contributed by atoms with Crippen molar-refractivity contribution in [1.82, 2.24) is 4.90 Å². The van der Waals surface area contributed by atoms with Crippen molar-refractivity contribution in [2.75, 3.05) is 26.0 Å². The predicted molar refractivity (Wildman–Crippen MR) is 82.1 cm³/mol. The number of amides is 1. The molecule has 1 amide bonds. The van der Waals surface area contributed by atoms with Gasteiger partial charge in [0.25, 0.3) is 10.1 Å². The third-order valence-electron chi connectivity index (χ3n) is 3.65. The molecule has 0 bridgehead atoms. The van der Waals surface area contributed by atoms with Gasteiger partial charge in [-0.15, -0.1) is 0 Å². The van der Waals surface area contributed by atoms with E-state index in [1.165, 1.54) is 4.90 Å². The number of rotatable bonds is 5. The zero-order valence-corrected chi connectivity index (χ0v) is 13.7. The monoisotopic (exact) mass is 345 g/mol. The fraction of sp³-hybridized carbons (Fsp3) is 0.533. The Morgan fingerprint density at radius 2 is 1.87 bits per heavy atom. The molecule has 1 aromatic carbocycles. The molecule has 1 saturated heterocycles. The summed E-state index contributed by atoms with van der Waals surface area (Å²) in [7, 11) is -3.68. The Balaban J connectivity index is 1.78. The number of piperidine rings is 1. The number of nitrogens with zero attached hydrogens (tertiary/aromatic N) is 1. The zero-order chi connectivity index (χ0) is 16.9. The van der Waals surface area contributed by atoms with E-state index in [1.807, 2.05) is 30.3 Å². The Bertz CT molecular complexity index is 627. The van der Waals surface area contributed by atoms with Gasteiger partial charge in [0.1, 0.15) is 18.9 Å². The highest BCUT2D eigenvalue weighted by Gasteiger charge is 2.37. The van der Waals surface area contributed by atoms with Gasteiger partial charge in [0, 0.05) is 25.9 Å². The number of carbonyl (C=O) groups is 1. The highest BCUT2D eigenvalue weighted by molar-refractivity contribution is 7.85. The minimum Gasteiger partial charge on any atom is -0.445 e. The van der Waals surface area contributed by atoms with E-state index in [0.29, 0.717) is 0 Å². The summed E-state index contributed by atoms with van der Waals surface area (Å²) < 4.78 is 46.0. The molecule has 0 spiro atoms. The molecular weight excluding hydrogens is 325 g/mol. The number of benzene rings is 1. The number of carbonyl (C=O) groups excluding carboxylic acids is 1. The Hall–Kier alpha value is -1.67. The summed E-state index contributed by atoms with van der Waals surface area (Å²) in [5.41, 5.74) is -0.863. The van der Waals surface area contributed by atoms with Crippen molar-refractivity contribution in [2.45, 2.75) is 25.1 Å². The molecule has 0 atom stereocenters. The molecule has 1 fully saturated rings. The molecule has 0 radical (unpaired) electrons. The quantitative estimate of drug-likeness (QED) is 0.764. The summed E-state index contributed by atoms with van der Waals surface area (Å²) in [6.07, 6.45) is 0.415. The summed E-state index contributed by atoms with van der Waals surface area (Å²) in [6, 6.07) is 9.26. The van der Waals surface area contributed by atoms with E-state index >= 15 is 0 Å². The van der Waals surface area contributed by atoms with E-state index in [2.05, 4.69) is 4.18 Å². The first kappa shape index (κ1) is 17.7. The Labute approximate surface area is 135 Å².